The third-order valence-corrected chi connectivity index (χ3v) is 3.57. The summed E-state index contributed by atoms with van der Waals surface area (Å²) in [6.45, 7) is 0.710. The van der Waals surface area contributed by atoms with Crippen LogP contribution < -0.4 is 5.73 Å². The number of carbonyl (C=O) groups is 1. The van der Waals surface area contributed by atoms with Gasteiger partial charge in [0, 0.05) is 12.7 Å². The first kappa shape index (κ1) is 12.6. The first-order valence-electron chi connectivity index (χ1n) is 5.49. The normalized spacial score (nSPS) is 15.2. The SMILES string of the molecule is CN(C(=O)CSCCCN)C1=CCCC1. The fourth-order valence-electron chi connectivity index (χ4n) is 1.56. The van der Waals surface area contributed by atoms with Gasteiger partial charge < -0.3 is 10.6 Å². The Balaban J connectivity index is 2.21. The van der Waals surface area contributed by atoms with Gasteiger partial charge in [-0.3, -0.25) is 4.79 Å². The molecule has 0 aromatic rings. The summed E-state index contributed by atoms with van der Waals surface area (Å²) in [5.74, 6) is 1.77. The van der Waals surface area contributed by atoms with Crippen LogP contribution in [0.15, 0.2) is 11.8 Å². The number of hydrogen-bond acceptors (Lipinski definition) is 3. The lowest BCUT2D eigenvalue weighted by Crippen LogP contribution is -2.27. The molecule has 0 unspecified atom stereocenters. The maximum atomic E-state index is 11.7. The van der Waals surface area contributed by atoms with Gasteiger partial charge in [0.2, 0.25) is 5.91 Å². The number of rotatable bonds is 6. The number of thioether (sulfide) groups is 1. The van der Waals surface area contributed by atoms with E-state index in [9.17, 15) is 4.79 Å². The third-order valence-electron chi connectivity index (χ3n) is 2.54. The van der Waals surface area contributed by atoms with Gasteiger partial charge in [-0.2, -0.15) is 11.8 Å². The van der Waals surface area contributed by atoms with Crippen molar-refractivity contribution >= 4 is 17.7 Å². The molecule has 0 aliphatic heterocycles. The standard InChI is InChI=1S/C11H20N2OS/c1-13(10-5-2-3-6-10)11(14)9-15-8-4-7-12/h5H,2-4,6-9,12H2,1H3. The Bertz CT molecular complexity index is 241. The summed E-state index contributed by atoms with van der Waals surface area (Å²) in [7, 11) is 1.88. The van der Waals surface area contributed by atoms with Crippen molar-refractivity contribution in [1.29, 1.82) is 0 Å². The molecule has 3 nitrogen and oxygen atoms in total. The minimum atomic E-state index is 0.213. The van der Waals surface area contributed by atoms with Crippen molar-refractivity contribution < 1.29 is 4.79 Å². The van der Waals surface area contributed by atoms with E-state index in [0.29, 0.717) is 12.3 Å². The summed E-state index contributed by atoms with van der Waals surface area (Å²) < 4.78 is 0. The average molecular weight is 228 g/mol. The van der Waals surface area contributed by atoms with Crippen LogP contribution in [-0.2, 0) is 4.79 Å². The van der Waals surface area contributed by atoms with Crippen molar-refractivity contribution in [3.8, 4) is 0 Å². The van der Waals surface area contributed by atoms with E-state index in [1.54, 1.807) is 11.8 Å². The first-order valence-corrected chi connectivity index (χ1v) is 6.64. The van der Waals surface area contributed by atoms with Gasteiger partial charge in [-0.05, 0) is 38.0 Å². The third kappa shape index (κ3) is 4.26. The molecule has 0 atom stereocenters. The number of carbonyl (C=O) groups excluding carboxylic acids is 1. The lowest BCUT2D eigenvalue weighted by Gasteiger charge is -2.18. The maximum Gasteiger partial charge on any atom is 0.236 e. The van der Waals surface area contributed by atoms with E-state index in [1.165, 1.54) is 12.1 Å². The summed E-state index contributed by atoms with van der Waals surface area (Å²) in [6.07, 6.45) is 6.52. The van der Waals surface area contributed by atoms with Gasteiger partial charge in [-0.1, -0.05) is 6.08 Å². The predicted molar refractivity (Wildman–Crippen MR) is 65.7 cm³/mol. The van der Waals surface area contributed by atoms with Crippen LogP contribution in [0, 0.1) is 0 Å². The molecule has 2 N–H and O–H groups in total. The van der Waals surface area contributed by atoms with Gasteiger partial charge in [0.15, 0.2) is 0 Å². The zero-order valence-electron chi connectivity index (χ0n) is 9.37. The molecule has 1 rings (SSSR count). The zero-order valence-corrected chi connectivity index (χ0v) is 10.2. The van der Waals surface area contributed by atoms with Crippen molar-refractivity contribution in [3.63, 3.8) is 0 Å². The van der Waals surface area contributed by atoms with E-state index in [0.717, 1.165) is 25.0 Å². The van der Waals surface area contributed by atoms with Crippen LogP contribution >= 0.6 is 11.8 Å². The highest BCUT2D eigenvalue weighted by Gasteiger charge is 2.15. The highest BCUT2D eigenvalue weighted by Crippen LogP contribution is 2.20. The van der Waals surface area contributed by atoms with Crippen LogP contribution in [0.4, 0.5) is 0 Å². The van der Waals surface area contributed by atoms with Crippen LogP contribution in [0.2, 0.25) is 0 Å². The molecule has 0 saturated carbocycles. The number of hydrogen-bond donors (Lipinski definition) is 1. The molecular formula is C11H20N2OS. The minimum Gasteiger partial charge on any atom is -0.330 e. The molecule has 0 heterocycles. The Morgan fingerprint density at radius 1 is 1.67 bits per heavy atom. The number of allylic oxidation sites excluding steroid dienone is 2. The summed E-state index contributed by atoms with van der Waals surface area (Å²) >= 11 is 1.67. The quantitative estimate of drug-likeness (QED) is 0.702. The van der Waals surface area contributed by atoms with Crippen LogP contribution in [0.3, 0.4) is 0 Å². The lowest BCUT2D eigenvalue weighted by atomic mass is 10.3. The highest BCUT2D eigenvalue weighted by molar-refractivity contribution is 7.99. The molecule has 4 heteroatoms. The van der Waals surface area contributed by atoms with E-state index >= 15 is 0 Å². The van der Waals surface area contributed by atoms with E-state index in [1.807, 2.05) is 11.9 Å². The van der Waals surface area contributed by atoms with Gasteiger partial charge in [0.1, 0.15) is 0 Å². The van der Waals surface area contributed by atoms with Gasteiger partial charge in [-0.25, -0.2) is 0 Å². The smallest absolute Gasteiger partial charge is 0.236 e. The summed E-state index contributed by atoms with van der Waals surface area (Å²) in [6, 6.07) is 0. The number of nitrogens with zero attached hydrogens (tertiary/aromatic N) is 1. The average Bonchev–Trinajstić information content (AvgIpc) is 2.76. The second-order valence-electron chi connectivity index (χ2n) is 3.74. The molecule has 0 aromatic carbocycles. The molecule has 1 aliphatic carbocycles. The second-order valence-corrected chi connectivity index (χ2v) is 4.84. The fourth-order valence-corrected chi connectivity index (χ4v) is 2.44. The topological polar surface area (TPSA) is 46.3 Å². The van der Waals surface area contributed by atoms with Crippen LogP contribution in [0.25, 0.3) is 0 Å². The molecule has 0 fully saturated rings. The Kier molecular flexibility index (Phi) is 5.79. The summed E-state index contributed by atoms with van der Waals surface area (Å²) in [4.78, 5) is 13.5. The molecule has 1 aliphatic rings. The largest absolute Gasteiger partial charge is 0.330 e. The fraction of sp³-hybridized carbons (Fsp3) is 0.727. The summed E-state index contributed by atoms with van der Waals surface area (Å²) in [5.41, 5.74) is 6.58. The number of amides is 1. The highest BCUT2D eigenvalue weighted by atomic mass is 32.2. The van der Waals surface area contributed by atoms with Crippen molar-refractivity contribution in [3.05, 3.63) is 11.8 Å². The van der Waals surface area contributed by atoms with Gasteiger partial charge in [0.25, 0.3) is 0 Å². The zero-order chi connectivity index (χ0) is 11.1. The van der Waals surface area contributed by atoms with Crippen molar-refractivity contribution in [1.82, 2.24) is 4.90 Å². The van der Waals surface area contributed by atoms with Gasteiger partial charge in [-0.15, -0.1) is 0 Å². The van der Waals surface area contributed by atoms with Crippen LogP contribution in [0.5, 0.6) is 0 Å². The Morgan fingerprint density at radius 3 is 3.07 bits per heavy atom. The van der Waals surface area contributed by atoms with Crippen molar-refractivity contribution in [2.75, 3.05) is 25.1 Å². The summed E-state index contributed by atoms with van der Waals surface area (Å²) in [5, 5.41) is 0. The van der Waals surface area contributed by atoms with Crippen molar-refractivity contribution in [2.24, 2.45) is 5.73 Å². The Labute approximate surface area is 96.1 Å². The van der Waals surface area contributed by atoms with Gasteiger partial charge >= 0.3 is 0 Å². The van der Waals surface area contributed by atoms with E-state index < -0.39 is 0 Å². The predicted octanol–water partition coefficient (Wildman–Crippen LogP) is 1.59. The molecule has 1 amide bonds. The first-order chi connectivity index (χ1) is 7.25. The molecule has 0 aromatic heterocycles. The van der Waals surface area contributed by atoms with Gasteiger partial charge in [0.05, 0.1) is 5.75 Å². The van der Waals surface area contributed by atoms with Crippen molar-refractivity contribution in [2.45, 2.75) is 25.7 Å². The van der Waals surface area contributed by atoms with Crippen LogP contribution in [-0.4, -0.2) is 35.9 Å². The van der Waals surface area contributed by atoms with E-state index in [4.69, 9.17) is 5.73 Å². The Hall–Kier alpha value is -0.480. The molecular weight excluding hydrogens is 208 g/mol. The molecule has 0 radical (unpaired) electrons. The molecule has 0 spiro atoms. The van der Waals surface area contributed by atoms with E-state index in [-0.39, 0.29) is 5.91 Å². The van der Waals surface area contributed by atoms with Crippen LogP contribution in [0.1, 0.15) is 25.7 Å². The molecule has 86 valence electrons. The monoisotopic (exact) mass is 228 g/mol. The lowest BCUT2D eigenvalue weighted by molar-refractivity contribution is -0.125. The second kappa shape index (κ2) is 6.90. The maximum absolute atomic E-state index is 11.7. The molecule has 0 saturated heterocycles. The van der Waals surface area contributed by atoms with E-state index in [2.05, 4.69) is 6.08 Å². The molecule has 15 heavy (non-hydrogen) atoms. The number of nitrogens with two attached hydrogens (primary N) is 1. The Morgan fingerprint density at radius 2 is 2.47 bits per heavy atom. The minimum absolute atomic E-state index is 0.213. The molecule has 0 bridgehead atoms.